The molecule has 0 amide bonds. The molecule has 0 aliphatic carbocycles. The summed E-state index contributed by atoms with van der Waals surface area (Å²) >= 11 is 0. The maximum Gasteiger partial charge on any atom is 0.338 e. The van der Waals surface area contributed by atoms with E-state index in [2.05, 4.69) is 0 Å². The molecule has 136 valence electrons. The lowest BCUT2D eigenvalue weighted by molar-refractivity contribution is 0.0474. The number of hydrogen-bond donors (Lipinski definition) is 0. The highest BCUT2D eigenvalue weighted by Gasteiger charge is 2.18. The Morgan fingerprint density at radius 3 is 2.70 bits per heavy atom. The Labute approximate surface area is 156 Å². The second-order valence-electron chi connectivity index (χ2n) is 6.14. The molecule has 1 aromatic carbocycles. The number of ketones is 1. The summed E-state index contributed by atoms with van der Waals surface area (Å²) in [6.07, 6.45) is 1.61. The standard InChI is InChI=1S/C21H18N2O4/c1-14-9-19(15(2)23(14)12-18-7-4-8-26-18)20(24)13-27-21(25)17-6-3-5-16(10-17)11-22/h3-10H,12-13H2,1-2H3. The molecule has 0 fully saturated rings. The SMILES string of the molecule is Cc1cc(C(=O)COC(=O)c2cccc(C#N)c2)c(C)n1Cc1ccco1. The molecule has 0 unspecified atom stereocenters. The number of hydrogen-bond acceptors (Lipinski definition) is 5. The van der Waals surface area contributed by atoms with Crippen molar-refractivity contribution in [1.29, 1.82) is 5.26 Å². The summed E-state index contributed by atoms with van der Waals surface area (Å²) in [5.74, 6) is -0.122. The first-order valence-corrected chi connectivity index (χ1v) is 8.39. The van der Waals surface area contributed by atoms with Crippen LogP contribution in [0.5, 0.6) is 0 Å². The molecular weight excluding hydrogens is 344 g/mol. The minimum Gasteiger partial charge on any atom is -0.467 e. The van der Waals surface area contributed by atoms with Crippen molar-refractivity contribution in [2.24, 2.45) is 0 Å². The van der Waals surface area contributed by atoms with Crippen LogP contribution in [-0.4, -0.2) is 22.9 Å². The number of nitriles is 1. The molecular formula is C21H18N2O4. The zero-order valence-electron chi connectivity index (χ0n) is 15.1. The molecule has 0 bridgehead atoms. The molecule has 0 radical (unpaired) electrons. The van der Waals surface area contributed by atoms with Crippen LogP contribution in [0.3, 0.4) is 0 Å². The topological polar surface area (TPSA) is 85.2 Å². The van der Waals surface area contributed by atoms with Gasteiger partial charge in [-0.3, -0.25) is 4.79 Å². The van der Waals surface area contributed by atoms with E-state index in [1.807, 2.05) is 36.6 Å². The first kappa shape index (κ1) is 18.2. The van der Waals surface area contributed by atoms with E-state index in [1.54, 1.807) is 30.5 Å². The number of carbonyl (C=O) groups excluding carboxylic acids is 2. The number of aryl methyl sites for hydroxylation is 1. The Morgan fingerprint density at radius 2 is 2.00 bits per heavy atom. The van der Waals surface area contributed by atoms with Crippen LogP contribution in [-0.2, 0) is 11.3 Å². The van der Waals surface area contributed by atoms with Gasteiger partial charge >= 0.3 is 5.97 Å². The Hall–Kier alpha value is -3.59. The Balaban J connectivity index is 1.69. The first-order valence-electron chi connectivity index (χ1n) is 8.39. The Kier molecular flexibility index (Phi) is 5.23. The summed E-state index contributed by atoms with van der Waals surface area (Å²) in [4.78, 5) is 24.6. The molecule has 0 N–H and O–H groups in total. The number of rotatable bonds is 6. The van der Waals surface area contributed by atoms with Gasteiger partial charge < -0.3 is 13.7 Å². The molecule has 6 nitrogen and oxygen atoms in total. The van der Waals surface area contributed by atoms with Gasteiger partial charge in [0.2, 0.25) is 5.78 Å². The van der Waals surface area contributed by atoms with E-state index < -0.39 is 5.97 Å². The van der Waals surface area contributed by atoms with Gasteiger partial charge in [0.1, 0.15) is 5.76 Å². The fraction of sp³-hybridized carbons (Fsp3) is 0.190. The molecule has 0 saturated heterocycles. The lowest BCUT2D eigenvalue weighted by atomic mass is 10.1. The summed E-state index contributed by atoms with van der Waals surface area (Å²) in [6, 6.07) is 13.6. The molecule has 3 aromatic rings. The van der Waals surface area contributed by atoms with Crippen molar-refractivity contribution in [1.82, 2.24) is 4.57 Å². The fourth-order valence-electron chi connectivity index (χ4n) is 2.89. The summed E-state index contributed by atoms with van der Waals surface area (Å²) in [6.45, 7) is 3.92. The minimum atomic E-state index is -0.634. The van der Waals surface area contributed by atoms with Crippen LogP contribution < -0.4 is 0 Å². The van der Waals surface area contributed by atoms with Gasteiger partial charge in [-0.05, 0) is 50.2 Å². The highest BCUT2D eigenvalue weighted by Crippen LogP contribution is 2.18. The van der Waals surface area contributed by atoms with Gasteiger partial charge in [0, 0.05) is 17.0 Å². The van der Waals surface area contributed by atoms with Crippen molar-refractivity contribution in [3.63, 3.8) is 0 Å². The zero-order chi connectivity index (χ0) is 19.4. The van der Waals surface area contributed by atoms with Crippen molar-refractivity contribution < 1.29 is 18.7 Å². The van der Waals surface area contributed by atoms with Gasteiger partial charge in [-0.25, -0.2) is 4.79 Å². The lowest BCUT2D eigenvalue weighted by Gasteiger charge is -2.08. The molecule has 0 atom stereocenters. The fourth-order valence-corrected chi connectivity index (χ4v) is 2.89. The van der Waals surface area contributed by atoms with E-state index in [4.69, 9.17) is 14.4 Å². The summed E-state index contributed by atoms with van der Waals surface area (Å²) in [5.41, 5.74) is 2.82. The van der Waals surface area contributed by atoms with Crippen molar-refractivity contribution in [2.45, 2.75) is 20.4 Å². The lowest BCUT2D eigenvalue weighted by Crippen LogP contribution is -2.15. The number of Topliss-reactive ketones (excluding diaryl/α,β-unsaturated/α-hetero) is 1. The molecule has 2 aromatic heterocycles. The predicted octanol–water partition coefficient (Wildman–Crippen LogP) is 3.66. The number of carbonyl (C=O) groups is 2. The normalized spacial score (nSPS) is 10.4. The molecule has 0 aliphatic heterocycles. The number of ether oxygens (including phenoxy) is 1. The maximum atomic E-state index is 12.5. The zero-order valence-corrected chi connectivity index (χ0v) is 15.1. The molecule has 27 heavy (non-hydrogen) atoms. The summed E-state index contributed by atoms with van der Waals surface area (Å²) in [5, 5.41) is 8.90. The third-order valence-electron chi connectivity index (χ3n) is 4.33. The number of benzene rings is 1. The third-order valence-corrected chi connectivity index (χ3v) is 4.33. The van der Waals surface area contributed by atoms with E-state index in [1.165, 1.54) is 6.07 Å². The van der Waals surface area contributed by atoms with Crippen LogP contribution in [0.15, 0.2) is 53.1 Å². The molecule has 6 heteroatoms. The van der Waals surface area contributed by atoms with Crippen molar-refractivity contribution in [3.8, 4) is 6.07 Å². The molecule has 2 heterocycles. The van der Waals surface area contributed by atoms with Crippen LogP contribution >= 0.6 is 0 Å². The van der Waals surface area contributed by atoms with Crippen molar-refractivity contribution in [3.05, 3.63) is 82.6 Å². The van der Waals surface area contributed by atoms with Gasteiger partial charge in [-0.15, -0.1) is 0 Å². The average molecular weight is 362 g/mol. The van der Waals surface area contributed by atoms with Gasteiger partial charge in [-0.1, -0.05) is 6.07 Å². The second kappa shape index (κ2) is 7.75. The Morgan fingerprint density at radius 1 is 1.19 bits per heavy atom. The Bertz CT molecular complexity index is 1020. The quantitative estimate of drug-likeness (QED) is 0.493. The van der Waals surface area contributed by atoms with Gasteiger partial charge in [0.25, 0.3) is 0 Å². The monoisotopic (exact) mass is 362 g/mol. The number of furan rings is 1. The van der Waals surface area contributed by atoms with Crippen LogP contribution in [0.2, 0.25) is 0 Å². The average Bonchev–Trinajstić information content (AvgIpc) is 3.29. The van der Waals surface area contributed by atoms with Crippen LogP contribution in [0.4, 0.5) is 0 Å². The summed E-state index contributed by atoms with van der Waals surface area (Å²) in [7, 11) is 0. The summed E-state index contributed by atoms with van der Waals surface area (Å²) < 4.78 is 12.5. The van der Waals surface area contributed by atoms with E-state index in [0.29, 0.717) is 17.7 Å². The van der Waals surface area contributed by atoms with Gasteiger partial charge in [0.05, 0.1) is 30.0 Å². The maximum absolute atomic E-state index is 12.5. The highest BCUT2D eigenvalue weighted by atomic mass is 16.5. The predicted molar refractivity (Wildman–Crippen MR) is 97.5 cm³/mol. The largest absolute Gasteiger partial charge is 0.467 e. The van der Waals surface area contributed by atoms with E-state index in [-0.39, 0.29) is 18.0 Å². The number of nitrogens with zero attached hydrogens (tertiary/aromatic N) is 2. The van der Waals surface area contributed by atoms with E-state index in [0.717, 1.165) is 17.1 Å². The minimum absolute atomic E-state index is 0.241. The van der Waals surface area contributed by atoms with E-state index >= 15 is 0 Å². The molecule has 0 aliphatic rings. The number of esters is 1. The van der Waals surface area contributed by atoms with Crippen LogP contribution in [0.1, 0.15) is 43.4 Å². The van der Waals surface area contributed by atoms with Crippen molar-refractivity contribution in [2.75, 3.05) is 6.61 Å². The van der Waals surface area contributed by atoms with Crippen LogP contribution in [0, 0.1) is 25.2 Å². The highest BCUT2D eigenvalue weighted by molar-refractivity contribution is 6.00. The first-order chi connectivity index (χ1) is 13.0. The van der Waals surface area contributed by atoms with Gasteiger partial charge in [-0.2, -0.15) is 5.26 Å². The smallest absolute Gasteiger partial charge is 0.338 e. The van der Waals surface area contributed by atoms with E-state index in [9.17, 15) is 9.59 Å². The molecule has 0 spiro atoms. The third kappa shape index (κ3) is 3.98. The van der Waals surface area contributed by atoms with Gasteiger partial charge in [0.15, 0.2) is 6.61 Å². The second-order valence-corrected chi connectivity index (χ2v) is 6.14. The molecule has 0 saturated carbocycles. The van der Waals surface area contributed by atoms with Crippen LogP contribution in [0.25, 0.3) is 0 Å². The van der Waals surface area contributed by atoms with Crippen molar-refractivity contribution >= 4 is 11.8 Å². The molecule has 3 rings (SSSR count). The number of aromatic nitrogens is 1.